The van der Waals surface area contributed by atoms with Gasteiger partial charge in [-0.25, -0.2) is 4.68 Å². The highest BCUT2D eigenvalue weighted by molar-refractivity contribution is 5.75. The number of rotatable bonds is 7. The normalized spacial score (nSPS) is 14.9. The third kappa shape index (κ3) is 5.24. The van der Waals surface area contributed by atoms with Crippen LogP contribution < -0.4 is 15.8 Å². The number of nitrogens with one attached hydrogen (secondary N) is 2. The SMILES string of the molecule is O=C(CCn1nc(-c2ccccc2)ccc1=O)NCC[NH+]1CCOCC1. The van der Waals surface area contributed by atoms with E-state index in [-0.39, 0.29) is 24.4 Å². The fourth-order valence-corrected chi connectivity index (χ4v) is 2.96. The minimum absolute atomic E-state index is 0.0588. The zero-order valence-corrected chi connectivity index (χ0v) is 14.8. The van der Waals surface area contributed by atoms with Crippen molar-refractivity contribution in [3.63, 3.8) is 0 Å². The van der Waals surface area contributed by atoms with Crippen LogP contribution in [0, 0.1) is 0 Å². The van der Waals surface area contributed by atoms with Gasteiger partial charge in [-0.1, -0.05) is 30.3 Å². The Morgan fingerprint density at radius 2 is 1.92 bits per heavy atom. The van der Waals surface area contributed by atoms with Gasteiger partial charge in [0.15, 0.2) is 0 Å². The highest BCUT2D eigenvalue weighted by atomic mass is 16.5. The number of quaternary nitrogens is 1. The number of carbonyl (C=O) groups excluding carboxylic acids is 1. The van der Waals surface area contributed by atoms with Crippen LogP contribution in [-0.4, -0.2) is 55.1 Å². The second-order valence-electron chi connectivity index (χ2n) is 6.36. The van der Waals surface area contributed by atoms with Crippen LogP contribution in [0.2, 0.25) is 0 Å². The number of nitrogens with zero attached hydrogens (tertiary/aromatic N) is 2. The summed E-state index contributed by atoms with van der Waals surface area (Å²) >= 11 is 0. The first-order valence-corrected chi connectivity index (χ1v) is 9.04. The van der Waals surface area contributed by atoms with Gasteiger partial charge in [-0.2, -0.15) is 5.10 Å². The summed E-state index contributed by atoms with van der Waals surface area (Å²) in [6, 6.07) is 12.9. The minimum atomic E-state index is -0.199. The summed E-state index contributed by atoms with van der Waals surface area (Å²) in [4.78, 5) is 25.5. The minimum Gasteiger partial charge on any atom is -0.370 e. The molecule has 1 aromatic carbocycles. The highest BCUT2D eigenvalue weighted by Gasteiger charge is 2.13. The van der Waals surface area contributed by atoms with E-state index in [9.17, 15) is 9.59 Å². The number of ether oxygens (including phenoxy) is 1. The van der Waals surface area contributed by atoms with E-state index in [2.05, 4.69) is 10.4 Å². The molecule has 0 unspecified atom stereocenters. The fourth-order valence-electron chi connectivity index (χ4n) is 2.96. The molecule has 0 saturated carbocycles. The van der Waals surface area contributed by atoms with Gasteiger partial charge >= 0.3 is 0 Å². The van der Waals surface area contributed by atoms with Gasteiger partial charge in [0.05, 0.1) is 38.5 Å². The van der Waals surface area contributed by atoms with E-state index in [0.29, 0.717) is 6.54 Å². The Kier molecular flexibility index (Phi) is 6.51. The van der Waals surface area contributed by atoms with Crippen molar-refractivity contribution in [3.8, 4) is 11.3 Å². The summed E-state index contributed by atoms with van der Waals surface area (Å²) in [5.41, 5.74) is 1.47. The molecule has 1 saturated heterocycles. The molecule has 1 aliphatic heterocycles. The van der Waals surface area contributed by atoms with Gasteiger partial charge in [-0.15, -0.1) is 0 Å². The summed E-state index contributed by atoms with van der Waals surface area (Å²) in [7, 11) is 0. The zero-order valence-electron chi connectivity index (χ0n) is 14.8. The highest BCUT2D eigenvalue weighted by Crippen LogP contribution is 2.13. The lowest BCUT2D eigenvalue weighted by Gasteiger charge is -2.23. The number of amides is 1. The Morgan fingerprint density at radius 1 is 1.15 bits per heavy atom. The molecule has 1 amide bonds. The van der Waals surface area contributed by atoms with Crippen LogP contribution in [0.25, 0.3) is 11.3 Å². The lowest BCUT2D eigenvalue weighted by Crippen LogP contribution is -3.14. The molecule has 1 aliphatic rings. The fraction of sp³-hybridized carbons (Fsp3) is 0.421. The lowest BCUT2D eigenvalue weighted by atomic mass is 10.1. The molecule has 2 aromatic rings. The zero-order chi connectivity index (χ0) is 18.2. The second kappa shape index (κ2) is 9.26. The number of hydrogen-bond donors (Lipinski definition) is 2. The van der Waals surface area contributed by atoms with Gasteiger partial charge in [0.25, 0.3) is 5.56 Å². The largest absolute Gasteiger partial charge is 0.370 e. The Morgan fingerprint density at radius 3 is 2.69 bits per heavy atom. The molecule has 26 heavy (non-hydrogen) atoms. The summed E-state index contributed by atoms with van der Waals surface area (Å²) in [5.74, 6) is -0.0588. The van der Waals surface area contributed by atoms with E-state index in [4.69, 9.17) is 4.74 Å². The molecule has 7 heteroatoms. The lowest BCUT2D eigenvalue weighted by molar-refractivity contribution is -0.906. The molecule has 1 fully saturated rings. The van der Waals surface area contributed by atoms with Crippen LogP contribution in [0.5, 0.6) is 0 Å². The molecule has 0 bridgehead atoms. The van der Waals surface area contributed by atoms with Crippen molar-refractivity contribution in [2.75, 3.05) is 39.4 Å². The first-order chi connectivity index (χ1) is 12.7. The first kappa shape index (κ1) is 18.3. The molecule has 0 spiro atoms. The summed E-state index contributed by atoms with van der Waals surface area (Å²) in [6.07, 6.45) is 0.240. The molecule has 2 heterocycles. The molecule has 0 radical (unpaired) electrons. The second-order valence-corrected chi connectivity index (χ2v) is 6.36. The number of benzene rings is 1. The maximum Gasteiger partial charge on any atom is 0.266 e. The smallest absolute Gasteiger partial charge is 0.266 e. The van der Waals surface area contributed by atoms with Crippen LogP contribution in [0.4, 0.5) is 0 Å². The van der Waals surface area contributed by atoms with Gasteiger partial charge in [0, 0.05) is 18.1 Å². The van der Waals surface area contributed by atoms with E-state index >= 15 is 0 Å². The predicted molar refractivity (Wildman–Crippen MR) is 97.9 cm³/mol. The third-order valence-corrected chi connectivity index (χ3v) is 4.49. The molecular weight excluding hydrogens is 332 g/mol. The van der Waals surface area contributed by atoms with Crippen molar-refractivity contribution in [1.29, 1.82) is 0 Å². The van der Waals surface area contributed by atoms with Gasteiger partial charge < -0.3 is 15.0 Å². The van der Waals surface area contributed by atoms with Crippen LogP contribution in [0.1, 0.15) is 6.42 Å². The molecule has 0 aliphatic carbocycles. The van der Waals surface area contributed by atoms with Crippen molar-refractivity contribution in [1.82, 2.24) is 15.1 Å². The monoisotopic (exact) mass is 357 g/mol. The molecule has 0 atom stereocenters. The topological polar surface area (TPSA) is 77.7 Å². The van der Waals surface area contributed by atoms with E-state index in [1.165, 1.54) is 15.6 Å². The van der Waals surface area contributed by atoms with E-state index in [0.717, 1.165) is 44.1 Å². The standard InChI is InChI=1S/C19H24N4O3/c24-18(20-9-11-22-12-14-26-15-13-22)8-10-23-19(25)7-6-17(21-23)16-4-2-1-3-5-16/h1-7H,8-15H2,(H,20,24)/p+1. The molecule has 3 rings (SSSR count). The van der Waals surface area contributed by atoms with Crippen molar-refractivity contribution in [2.24, 2.45) is 0 Å². The number of morpholine rings is 1. The van der Waals surface area contributed by atoms with Gasteiger partial charge in [-0.3, -0.25) is 9.59 Å². The first-order valence-electron chi connectivity index (χ1n) is 9.04. The summed E-state index contributed by atoms with van der Waals surface area (Å²) in [5, 5.41) is 7.30. The van der Waals surface area contributed by atoms with Crippen molar-refractivity contribution in [3.05, 3.63) is 52.8 Å². The Labute approximate surface area is 152 Å². The number of carbonyl (C=O) groups is 1. The van der Waals surface area contributed by atoms with E-state index in [1.54, 1.807) is 6.07 Å². The third-order valence-electron chi connectivity index (χ3n) is 4.49. The summed E-state index contributed by atoms with van der Waals surface area (Å²) < 4.78 is 6.68. The van der Waals surface area contributed by atoms with Crippen LogP contribution >= 0.6 is 0 Å². The molecule has 1 aromatic heterocycles. The van der Waals surface area contributed by atoms with Crippen molar-refractivity contribution in [2.45, 2.75) is 13.0 Å². The Bertz CT molecular complexity index is 770. The Balaban J connectivity index is 1.49. The molecule has 138 valence electrons. The van der Waals surface area contributed by atoms with Gasteiger partial charge in [0.2, 0.25) is 5.91 Å². The van der Waals surface area contributed by atoms with Crippen LogP contribution in [-0.2, 0) is 16.1 Å². The molecular formula is C19H25N4O3+. The van der Waals surface area contributed by atoms with Crippen molar-refractivity contribution >= 4 is 5.91 Å². The van der Waals surface area contributed by atoms with Gasteiger partial charge in [0.1, 0.15) is 13.1 Å². The average Bonchev–Trinajstić information content (AvgIpc) is 2.69. The summed E-state index contributed by atoms with van der Waals surface area (Å²) in [6.45, 7) is 5.36. The number of aromatic nitrogens is 2. The van der Waals surface area contributed by atoms with E-state index in [1.807, 2.05) is 30.3 Å². The number of hydrogen-bond acceptors (Lipinski definition) is 4. The quantitative estimate of drug-likeness (QED) is 0.689. The van der Waals surface area contributed by atoms with E-state index < -0.39 is 0 Å². The van der Waals surface area contributed by atoms with Crippen molar-refractivity contribution < 1.29 is 14.4 Å². The maximum absolute atomic E-state index is 12.0. The maximum atomic E-state index is 12.0. The van der Waals surface area contributed by atoms with Crippen LogP contribution in [0.3, 0.4) is 0 Å². The van der Waals surface area contributed by atoms with Gasteiger partial charge in [-0.05, 0) is 6.07 Å². The average molecular weight is 357 g/mol. The Hall–Kier alpha value is -2.51. The predicted octanol–water partition coefficient (Wildman–Crippen LogP) is -0.668. The van der Waals surface area contributed by atoms with Crippen LogP contribution in [0.15, 0.2) is 47.3 Å². The molecule has 2 N–H and O–H groups in total. The number of aryl methyl sites for hydroxylation is 1. The molecule has 7 nitrogen and oxygen atoms in total.